The fraction of sp³-hybridized carbons (Fsp3) is 0.500. The standard InChI is InChI=1S/C6H12O2Si/c1-5(2)3-9-4-6(7)8/h3H,4,9H2,1-2H3,(H,7,8). The van der Waals surface area contributed by atoms with Crippen LogP contribution in [-0.4, -0.2) is 20.6 Å². The second-order valence-corrected chi connectivity index (χ2v) is 3.70. The van der Waals surface area contributed by atoms with Gasteiger partial charge < -0.3 is 5.11 Å². The maximum atomic E-state index is 9.99. The summed E-state index contributed by atoms with van der Waals surface area (Å²) in [6.07, 6.45) is 0. The van der Waals surface area contributed by atoms with Crippen LogP contribution in [0.2, 0.25) is 6.04 Å². The first kappa shape index (κ1) is 8.43. The largest absolute Gasteiger partial charge is 0.481 e. The van der Waals surface area contributed by atoms with Crippen LogP contribution in [0.25, 0.3) is 0 Å². The quantitative estimate of drug-likeness (QED) is 0.588. The van der Waals surface area contributed by atoms with E-state index in [0.29, 0.717) is 6.04 Å². The molecule has 0 aromatic carbocycles. The fourth-order valence-electron chi connectivity index (χ4n) is 0.484. The lowest BCUT2D eigenvalue weighted by molar-refractivity contribution is -0.134. The third-order valence-electron chi connectivity index (χ3n) is 0.911. The molecule has 2 nitrogen and oxygen atoms in total. The van der Waals surface area contributed by atoms with E-state index in [4.69, 9.17) is 5.11 Å². The van der Waals surface area contributed by atoms with Gasteiger partial charge in [0.15, 0.2) is 0 Å². The molecule has 0 atom stereocenters. The molecule has 0 bridgehead atoms. The van der Waals surface area contributed by atoms with Crippen molar-refractivity contribution in [2.24, 2.45) is 0 Å². The minimum Gasteiger partial charge on any atom is -0.481 e. The Morgan fingerprint density at radius 3 is 2.56 bits per heavy atom. The van der Waals surface area contributed by atoms with Crippen LogP contribution in [0.1, 0.15) is 13.8 Å². The predicted molar refractivity (Wildman–Crippen MR) is 40.4 cm³/mol. The molecule has 0 radical (unpaired) electrons. The third-order valence-corrected chi connectivity index (χ3v) is 2.73. The maximum Gasteiger partial charge on any atom is 0.300 e. The summed E-state index contributed by atoms with van der Waals surface area (Å²) in [6.45, 7) is 3.99. The van der Waals surface area contributed by atoms with Crippen molar-refractivity contribution in [1.29, 1.82) is 0 Å². The first-order valence-corrected chi connectivity index (χ1v) is 4.79. The highest BCUT2D eigenvalue weighted by Gasteiger charge is 1.92. The van der Waals surface area contributed by atoms with E-state index in [-0.39, 0.29) is 0 Å². The second kappa shape index (κ2) is 4.32. The first-order valence-electron chi connectivity index (χ1n) is 2.98. The summed E-state index contributed by atoms with van der Waals surface area (Å²) < 4.78 is 0. The smallest absolute Gasteiger partial charge is 0.300 e. The van der Waals surface area contributed by atoms with Gasteiger partial charge in [0.1, 0.15) is 0 Å². The molecule has 0 aliphatic carbocycles. The Labute approximate surface area is 57.4 Å². The molecule has 0 amide bonds. The third kappa shape index (κ3) is 7.43. The van der Waals surface area contributed by atoms with Gasteiger partial charge in [-0.15, -0.1) is 5.70 Å². The van der Waals surface area contributed by atoms with E-state index >= 15 is 0 Å². The van der Waals surface area contributed by atoms with E-state index in [1.807, 2.05) is 13.8 Å². The highest BCUT2D eigenvalue weighted by atomic mass is 28.2. The molecule has 0 spiro atoms. The Morgan fingerprint density at radius 2 is 2.22 bits per heavy atom. The van der Waals surface area contributed by atoms with Crippen LogP contribution in [-0.2, 0) is 4.79 Å². The van der Waals surface area contributed by atoms with Gasteiger partial charge in [0.05, 0.1) is 9.52 Å². The molecule has 0 aromatic heterocycles. The Kier molecular flexibility index (Phi) is 4.04. The average Bonchev–Trinajstić information content (AvgIpc) is 1.63. The summed E-state index contributed by atoms with van der Waals surface area (Å²) in [5.74, 6) is -0.667. The van der Waals surface area contributed by atoms with Crippen LogP contribution in [0.5, 0.6) is 0 Å². The Bertz CT molecular complexity index is 125. The van der Waals surface area contributed by atoms with Crippen LogP contribution in [0.4, 0.5) is 0 Å². The molecule has 52 valence electrons. The molecule has 0 aromatic rings. The number of hydrogen-bond acceptors (Lipinski definition) is 1. The minimum atomic E-state index is -0.667. The van der Waals surface area contributed by atoms with Crippen LogP contribution in [0.15, 0.2) is 11.3 Å². The number of allylic oxidation sites excluding steroid dienone is 1. The van der Waals surface area contributed by atoms with E-state index < -0.39 is 15.5 Å². The maximum absolute atomic E-state index is 9.99. The molecule has 0 saturated carbocycles. The van der Waals surface area contributed by atoms with Gasteiger partial charge in [-0.2, -0.15) is 0 Å². The van der Waals surface area contributed by atoms with Crippen molar-refractivity contribution >= 4 is 15.5 Å². The topological polar surface area (TPSA) is 37.3 Å². The molecule has 0 aliphatic rings. The molecule has 0 aliphatic heterocycles. The molecule has 1 N–H and O–H groups in total. The van der Waals surface area contributed by atoms with Gasteiger partial charge >= 0.3 is 0 Å². The summed E-state index contributed by atoms with van der Waals surface area (Å²) in [5.41, 5.74) is 3.30. The summed E-state index contributed by atoms with van der Waals surface area (Å²) in [6, 6.07) is 0.380. The normalized spacial score (nSPS) is 10.0. The predicted octanol–water partition coefficient (Wildman–Crippen LogP) is 0.582. The number of hydrogen-bond donors (Lipinski definition) is 1. The van der Waals surface area contributed by atoms with E-state index in [1.54, 1.807) is 0 Å². The zero-order chi connectivity index (χ0) is 7.28. The number of aliphatic carboxylic acids is 1. The zero-order valence-electron chi connectivity index (χ0n) is 5.85. The van der Waals surface area contributed by atoms with Crippen LogP contribution in [0, 0.1) is 0 Å². The van der Waals surface area contributed by atoms with Crippen LogP contribution >= 0.6 is 0 Å². The average molecular weight is 144 g/mol. The number of carboxylic acid groups (broad SMARTS) is 1. The highest BCUT2D eigenvalue weighted by molar-refractivity contribution is 6.46. The Balaban J connectivity index is 3.31. The van der Waals surface area contributed by atoms with Gasteiger partial charge in [-0.3, -0.25) is 4.79 Å². The number of carboxylic acids is 1. The van der Waals surface area contributed by atoms with Crippen molar-refractivity contribution in [2.45, 2.75) is 19.9 Å². The van der Waals surface area contributed by atoms with Gasteiger partial charge in [0.2, 0.25) is 0 Å². The van der Waals surface area contributed by atoms with Crippen LogP contribution in [0.3, 0.4) is 0 Å². The van der Waals surface area contributed by atoms with E-state index in [2.05, 4.69) is 5.70 Å². The molecule has 0 unspecified atom stereocenters. The van der Waals surface area contributed by atoms with E-state index in [1.165, 1.54) is 5.57 Å². The first-order chi connectivity index (χ1) is 4.13. The highest BCUT2D eigenvalue weighted by Crippen LogP contribution is 1.88. The molecular weight excluding hydrogens is 132 g/mol. The molecule has 0 saturated heterocycles. The Morgan fingerprint density at radius 1 is 1.67 bits per heavy atom. The molecule has 0 fully saturated rings. The van der Waals surface area contributed by atoms with Crippen molar-refractivity contribution in [1.82, 2.24) is 0 Å². The van der Waals surface area contributed by atoms with Crippen molar-refractivity contribution < 1.29 is 9.90 Å². The van der Waals surface area contributed by atoms with Gasteiger partial charge in [-0.25, -0.2) is 0 Å². The summed E-state index contributed by atoms with van der Waals surface area (Å²) in [7, 11) is -0.445. The minimum absolute atomic E-state index is 0.380. The Hall–Kier alpha value is -0.573. The molecular formula is C6H12O2Si. The van der Waals surface area contributed by atoms with E-state index in [0.717, 1.165) is 0 Å². The van der Waals surface area contributed by atoms with Crippen molar-refractivity contribution in [2.75, 3.05) is 0 Å². The lowest BCUT2D eigenvalue weighted by Crippen LogP contribution is -1.98. The summed E-state index contributed by atoms with van der Waals surface area (Å²) in [4.78, 5) is 9.99. The van der Waals surface area contributed by atoms with Gasteiger partial charge in [0, 0.05) is 6.04 Å². The van der Waals surface area contributed by atoms with Gasteiger partial charge in [-0.1, -0.05) is 5.57 Å². The fourth-order valence-corrected chi connectivity index (χ4v) is 1.45. The van der Waals surface area contributed by atoms with Gasteiger partial charge in [0.25, 0.3) is 5.97 Å². The molecule has 0 rings (SSSR count). The van der Waals surface area contributed by atoms with Crippen molar-refractivity contribution in [3.63, 3.8) is 0 Å². The number of carbonyl (C=O) groups is 1. The second-order valence-electron chi connectivity index (χ2n) is 2.21. The van der Waals surface area contributed by atoms with Crippen molar-refractivity contribution in [3.8, 4) is 0 Å². The van der Waals surface area contributed by atoms with Crippen LogP contribution < -0.4 is 0 Å². The summed E-state index contributed by atoms with van der Waals surface area (Å²) >= 11 is 0. The summed E-state index contributed by atoms with van der Waals surface area (Å²) in [5, 5.41) is 8.23. The monoisotopic (exact) mass is 144 g/mol. The van der Waals surface area contributed by atoms with Crippen molar-refractivity contribution in [3.05, 3.63) is 11.3 Å². The SMILES string of the molecule is CC(C)=C[SiH2]CC(=O)O. The molecule has 3 heteroatoms. The zero-order valence-corrected chi connectivity index (χ0v) is 7.26. The molecule has 0 heterocycles. The lowest BCUT2D eigenvalue weighted by Gasteiger charge is -1.87. The lowest BCUT2D eigenvalue weighted by atomic mass is 10.4. The number of rotatable bonds is 3. The van der Waals surface area contributed by atoms with E-state index in [9.17, 15) is 4.79 Å². The van der Waals surface area contributed by atoms with Gasteiger partial charge in [-0.05, 0) is 13.8 Å². The molecule has 9 heavy (non-hydrogen) atoms.